The molecule has 0 unspecified atom stereocenters. The van der Waals surface area contributed by atoms with Crippen molar-refractivity contribution in [2.45, 2.75) is 12.9 Å². The van der Waals surface area contributed by atoms with Crippen molar-refractivity contribution in [3.05, 3.63) is 81.4 Å². The second-order valence-electron chi connectivity index (χ2n) is 8.09. The summed E-state index contributed by atoms with van der Waals surface area (Å²) in [6, 6.07) is 6.88. The van der Waals surface area contributed by atoms with E-state index in [0.29, 0.717) is 17.3 Å². The Morgan fingerprint density at radius 3 is 2.42 bits per heavy atom. The van der Waals surface area contributed by atoms with Crippen LogP contribution in [0.15, 0.2) is 64.6 Å². The number of alkyl halides is 3. The molecule has 196 valence electrons. The van der Waals surface area contributed by atoms with Crippen LogP contribution in [-0.4, -0.2) is 28.9 Å². The third-order valence-corrected chi connectivity index (χ3v) is 6.02. The molecule has 0 fully saturated rings. The SMILES string of the molecule is Cn1cc(-c2ccc3ncc4c(=O)n(COP(=O)([O-])[O-])c(=O)n(-c5cccc(C(F)(F)F)c5)c4c3n2)cn1.[Na+].[Na+]. The number of phosphoric acid groups is 1. The fraction of sp³-hybridized carbons (Fsp3) is 0.136. The van der Waals surface area contributed by atoms with Crippen molar-refractivity contribution in [1.29, 1.82) is 0 Å². The van der Waals surface area contributed by atoms with Crippen LogP contribution in [-0.2, 0) is 29.0 Å². The van der Waals surface area contributed by atoms with Crippen molar-refractivity contribution in [1.82, 2.24) is 28.9 Å². The molecule has 4 heterocycles. The van der Waals surface area contributed by atoms with Crippen molar-refractivity contribution >= 4 is 29.8 Å². The van der Waals surface area contributed by atoms with E-state index in [2.05, 4.69) is 19.6 Å². The summed E-state index contributed by atoms with van der Waals surface area (Å²) in [6.07, 6.45) is -0.526. The van der Waals surface area contributed by atoms with Crippen LogP contribution in [0.2, 0.25) is 0 Å². The van der Waals surface area contributed by atoms with Gasteiger partial charge in [0.2, 0.25) is 0 Å². The van der Waals surface area contributed by atoms with Gasteiger partial charge >= 0.3 is 71.0 Å². The average molecular weight is 592 g/mol. The van der Waals surface area contributed by atoms with Crippen LogP contribution >= 0.6 is 7.82 Å². The molecule has 0 spiro atoms. The van der Waals surface area contributed by atoms with Crippen LogP contribution in [0, 0.1) is 0 Å². The van der Waals surface area contributed by atoms with Crippen molar-refractivity contribution in [3.63, 3.8) is 0 Å². The number of halogens is 3. The van der Waals surface area contributed by atoms with Gasteiger partial charge in [-0.2, -0.15) is 18.3 Å². The van der Waals surface area contributed by atoms with Crippen LogP contribution < -0.4 is 80.2 Å². The van der Waals surface area contributed by atoms with Crippen LogP contribution in [0.3, 0.4) is 0 Å². The molecule has 0 aliphatic carbocycles. The minimum atomic E-state index is -5.62. The third kappa shape index (κ3) is 6.34. The summed E-state index contributed by atoms with van der Waals surface area (Å²) < 4.78 is 58.2. The van der Waals surface area contributed by atoms with Gasteiger partial charge in [-0.05, 0) is 30.3 Å². The van der Waals surface area contributed by atoms with E-state index in [-0.39, 0.29) is 91.3 Å². The predicted molar refractivity (Wildman–Crippen MR) is 123 cm³/mol. The Morgan fingerprint density at radius 2 is 1.80 bits per heavy atom. The van der Waals surface area contributed by atoms with Crippen LogP contribution in [0.5, 0.6) is 0 Å². The fourth-order valence-corrected chi connectivity index (χ4v) is 4.16. The third-order valence-electron chi connectivity index (χ3n) is 5.58. The first-order chi connectivity index (χ1) is 17.8. The molecule has 1 aromatic carbocycles. The van der Waals surface area contributed by atoms with E-state index in [1.165, 1.54) is 16.9 Å². The van der Waals surface area contributed by atoms with Gasteiger partial charge in [0, 0.05) is 25.0 Å². The maximum atomic E-state index is 13.5. The van der Waals surface area contributed by atoms with E-state index >= 15 is 0 Å². The van der Waals surface area contributed by atoms with Gasteiger partial charge in [0.1, 0.15) is 12.2 Å². The molecule has 0 bridgehead atoms. The Kier molecular flexibility index (Phi) is 9.69. The van der Waals surface area contributed by atoms with Gasteiger partial charge in [0.15, 0.2) is 0 Å². The van der Waals surface area contributed by atoms with Gasteiger partial charge in [-0.15, -0.1) is 0 Å². The van der Waals surface area contributed by atoms with E-state index in [9.17, 15) is 37.1 Å². The Labute approximate surface area is 266 Å². The summed E-state index contributed by atoms with van der Waals surface area (Å²) in [7, 11) is -3.94. The number of nitrogens with zero attached hydrogens (tertiary/aromatic N) is 6. The molecule has 40 heavy (non-hydrogen) atoms. The summed E-state index contributed by atoms with van der Waals surface area (Å²) in [5.41, 5.74) is -2.78. The second-order valence-corrected chi connectivity index (χ2v) is 9.24. The molecule has 0 radical (unpaired) electrons. The van der Waals surface area contributed by atoms with E-state index < -0.39 is 37.5 Å². The zero-order valence-electron chi connectivity index (χ0n) is 21.1. The summed E-state index contributed by atoms with van der Waals surface area (Å²) in [4.78, 5) is 57.4. The monoisotopic (exact) mass is 592 g/mol. The van der Waals surface area contributed by atoms with Crippen molar-refractivity contribution in [2.75, 3.05) is 0 Å². The van der Waals surface area contributed by atoms with Crippen LogP contribution in [0.1, 0.15) is 5.56 Å². The summed E-state index contributed by atoms with van der Waals surface area (Å²) in [5.74, 6) is 0. The molecule has 5 aromatic rings. The van der Waals surface area contributed by atoms with Gasteiger partial charge in [0.05, 0.1) is 47.4 Å². The maximum absolute atomic E-state index is 13.5. The van der Waals surface area contributed by atoms with E-state index in [0.717, 1.165) is 22.9 Å². The average Bonchev–Trinajstić information content (AvgIpc) is 3.29. The number of pyridine rings is 2. The van der Waals surface area contributed by atoms with Gasteiger partial charge in [-0.25, -0.2) is 14.3 Å². The molecule has 0 aliphatic heterocycles. The number of rotatable bonds is 5. The molecule has 0 saturated heterocycles. The normalized spacial score (nSPS) is 11.8. The summed E-state index contributed by atoms with van der Waals surface area (Å²) in [5, 5.41) is 3.78. The molecule has 0 atom stereocenters. The summed E-state index contributed by atoms with van der Waals surface area (Å²) >= 11 is 0. The van der Waals surface area contributed by atoms with Crippen LogP contribution in [0.25, 0.3) is 38.9 Å². The van der Waals surface area contributed by atoms with Crippen LogP contribution in [0.4, 0.5) is 13.2 Å². The van der Waals surface area contributed by atoms with E-state index in [1.54, 1.807) is 25.4 Å². The topological polar surface area (TPSA) is 160 Å². The first-order valence-corrected chi connectivity index (χ1v) is 12.1. The molecule has 0 N–H and O–H groups in total. The largest absolute Gasteiger partial charge is 1.00 e. The Balaban J connectivity index is 0.00000220. The number of phosphoric ester groups is 1. The van der Waals surface area contributed by atoms with Gasteiger partial charge < -0.3 is 18.9 Å². The predicted octanol–water partition coefficient (Wildman–Crippen LogP) is -4.67. The molecule has 0 amide bonds. The molecular weight excluding hydrogens is 578 g/mol. The fourth-order valence-electron chi connectivity index (χ4n) is 3.90. The number of aromatic nitrogens is 6. The Morgan fingerprint density at radius 1 is 1.07 bits per heavy atom. The molecular formula is C22H14F3N6Na2O6P. The molecule has 0 aliphatic rings. The Hall–Kier alpha value is -2.17. The standard InChI is InChI=1S/C22H16F3N6O6P.2Na/c1-29-10-12(8-27-29)16-5-6-17-18(28-16)19-15(9-26-17)20(32)30(11-37-38(34,35)36)21(33)31(19)14-4-2-3-13(7-14)22(23,24)25;;/h2-10H,11H2,1H3,(H2,34,35,36);;/q;2*+1/p-2. The number of hydrogen-bond donors (Lipinski definition) is 0. The quantitative estimate of drug-likeness (QED) is 0.111. The van der Waals surface area contributed by atoms with E-state index in [1.807, 2.05) is 0 Å². The van der Waals surface area contributed by atoms with Gasteiger partial charge in [-0.3, -0.25) is 19.0 Å². The van der Waals surface area contributed by atoms with E-state index in [4.69, 9.17) is 0 Å². The minimum Gasteiger partial charge on any atom is -0.790 e. The first kappa shape index (κ1) is 32.3. The number of hydrogen-bond acceptors (Lipinski definition) is 9. The molecule has 18 heteroatoms. The molecule has 5 rings (SSSR count). The van der Waals surface area contributed by atoms with Crippen molar-refractivity contribution < 1.29 is 91.2 Å². The van der Waals surface area contributed by atoms with Gasteiger partial charge in [0.25, 0.3) is 5.56 Å². The van der Waals surface area contributed by atoms with Gasteiger partial charge in [-0.1, -0.05) is 6.07 Å². The molecule has 12 nitrogen and oxygen atoms in total. The zero-order valence-corrected chi connectivity index (χ0v) is 26.0. The second kappa shape index (κ2) is 12.0. The summed E-state index contributed by atoms with van der Waals surface area (Å²) in [6.45, 7) is -1.29. The molecule has 4 aromatic heterocycles. The number of fused-ring (bicyclic) bond motifs is 3. The maximum Gasteiger partial charge on any atom is 1.00 e. The number of aryl methyl sites for hydroxylation is 1. The first-order valence-electron chi connectivity index (χ1n) is 10.6. The number of benzene rings is 1. The van der Waals surface area contributed by atoms with Crippen molar-refractivity contribution in [3.8, 4) is 16.9 Å². The van der Waals surface area contributed by atoms with Crippen molar-refractivity contribution in [2.24, 2.45) is 7.05 Å². The molecule has 0 saturated carbocycles. The zero-order chi connectivity index (χ0) is 27.4. The minimum absolute atomic E-state index is 0. The smallest absolute Gasteiger partial charge is 0.790 e. The Bertz CT molecular complexity index is 1900.